The molecular weight excluding hydrogens is 516 g/mol. The summed E-state index contributed by atoms with van der Waals surface area (Å²) in [5.41, 5.74) is 0.702. The standard InChI is InChI=1S/C31H30O9/c1-3-6-29(33)38-23-13-9-21(10-14-23)31(35)40-27-16-15-26(24-19-25(24)27)39-30(34)20-7-11-22(12-8-20)36-17-5-18-37-28(32)4-2/h4,7-16,24-25H,2-3,5-6,17-19H2,1H3. The van der Waals surface area contributed by atoms with Crippen LogP contribution in [0.15, 0.2) is 84.9 Å². The van der Waals surface area contributed by atoms with Gasteiger partial charge in [0.25, 0.3) is 0 Å². The number of hydrogen-bond donors (Lipinski definition) is 0. The summed E-state index contributed by atoms with van der Waals surface area (Å²) >= 11 is 0. The van der Waals surface area contributed by atoms with E-state index in [9.17, 15) is 19.2 Å². The molecule has 9 nitrogen and oxygen atoms in total. The van der Waals surface area contributed by atoms with Gasteiger partial charge in [-0.3, -0.25) is 4.79 Å². The van der Waals surface area contributed by atoms with Gasteiger partial charge >= 0.3 is 23.9 Å². The molecule has 0 aromatic heterocycles. The Morgan fingerprint density at radius 2 is 1.35 bits per heavy atom. The highest BCUT2D eigenvalue weighted by Crippen LogP contribution is 2.52. The van der Waals surface area contributed by atoms with E-state index < -0.39 is 17.9 Å². The number of carbonyl (C=O) groups is 4. The average molecular weight is 547 g/mol. The van der Waals surface area contributed by atoms with Gasteiger partial charge < -0.3 is 23.7 Å². The van der Waals surface area contributed by atoms with Crippen LogP contribution >= 0.6 is 0 Å². The minimum atomic E-state index is -0.516. The largest absolute Gasteiger partial charge is 0.493 e. The Labute approximate surface area is 232 Å². The third-order valence-corrected chi connectivity index (χ3v) is 6.19. The number of fused-ring (bicyclic) bond motifs is 1. The fourth-order valence-corrected chi connectivity index (χ4v) is 4.00. The van der Waals surface area contributed by atoms with Crippen LogP contribution in [0.1, 0.15) is 53.3 Å². The van der Waals surface area contributed by atoms with Crippen LogP contribution < -0.4 is 9.47 Å². The van der Waals surface area contributed by atoms with Crippen LogP contribution in [0.3, 0.4) is 0 Å². The summed E-state index contributed by atoms with van der Waals surface area (Å²) in [6.45, 7) is 5.80. The van der Waals surface area contributed by atoms with Crippen LogP contribution in [-0.4, -0.2) is 37.1 Å². The van der Waals surface area contributed by atoms with Gasteiger partial charge in [-0.25, -0.2) is 14.4 Å². The van der Waals surface area contributed by atoms with Crippen molar-refractivity contribution in [2.24, 2.45) is 11.8 Å². The molecule has 1 fully saturated rings. The maximum Gasteiger partial charge on any atom is 0.343 e. The van der Waals surface area contributed by atoms with Gasteiger partial charge in [0.1, 0.15) is 23.0 Å². The summed E-state index contributed by atoms with van der Waals surface area (Å²) in [7, 11) is 0. The summed E-state index contributed by atoms with van der Waals surface area (Å²) in [4.78, 5) is 47.9. The topological polar surface area (TPSA) is 114 Å². The second-order valence-corrected chi connectivity index (χ2v) is 9.21. The second kappa shape index (κ2) is 13.4. The van der Waals surface area contributed by atoms with Gasteiger partial charge in [-0.1, -0.05) is 13.5 Å². The first kappa shape index (κ1) is 28.4. The Bertz CT molecular complexity index is 1320. The zero-order valence-corrected chi connectivity index (χ0v) is 22.1. The number of hydrogen-bond acceptors (Lipinski definition) is 9. The normalized spacial score (nSPS) is 16.8. The van der Waals surface area contributed by atoms with E-state index in [-0.39, 0.29) is 24.4 Å². The van der Waals surface area contributed by atoms with Gasteiger partial charge in [0.15, 0.2) is 0 Å². The lowest BCUT2D eigenvalue weighted by atomic mass is 10.1. The lowest BCUT2D eigenvalue weighted by molar-refractivity contribution is -0.138. The molecule has 2 unspecified atom stereocenters. The molecule has 2 aliphatic rings. The highest BCUT2D eigenvalue weighted by atomic mass is 16.6. The van der Waals surface area contributed by atoms with E-state index >= 15 is 0 Å². The summed E-state index contributed by atoms with van der Waals surface area (Å²) < 4.78 is 26.9. The molecular formula is C31H30O9. The van der Waals surface area contributed by atoms with Crippen molar-refractivity contribution in [2.45, 2.75) is 32.6 Å². The van der Waals surface area contributed by atoms with Gasteiger partial charge in [0.2, 0.25) is 0 Å². The third kappa shape index (κ3) is 7.69. The molecule has 0 radical (unpaired) electrons. The average Bonchev–Trinajstić information content (AvgIpc) is 3.77. The number of esters is 4. The van der Waals surface area contributed by atoms with Gasteiger partial charge in [-0.2, -0.15) is 0 Å². The van der Waals surface area contributed by atoms with Crippen LogP contribution in [0.5, 0.6) is 11.5 Å². The van der Waals surface area contributed by atoms with Crippen molar-refractivity contribution in [3.05, 3.63) is 96.0 Å². The Balaban J connectivity index is 1.25. The fourth-order valence-electron chi connectivity index (χ4n) is 4.00. The number of benzene rings is 2. The highest BCUT2D eigenvalue weighted by molar-refractivity contribution is 5.91. The summed E-state index contributed by atoms with van der Waals surface area (Å²) in [6.07, 6.45) is 6.66. The molecule has 2 aromatic rings. The fraction of sp³-hybridized carbons (Fsp3) is 0.290. The number of rotatable bonds is 13. The Hall–Kier alpha value is -4.66. The monoisotopic (exact) mass is 546 g/mol. The van der Waals surface area contributed by atoms with Crippen LogP contribution in [0.25, 0.3) is 0 Å². The first-order valence-electron chi connectivity index (χ1n) is 13.1. The molecule has 40 heavy (non-hydrogen) atoms. The summed E-state index contributed by atoms with van der Waals surface area (Å²) in [6, 6.07) is 12.8. The third-order valence-electron chi connectivity index (χ3n) is 6.19. The quantitative estimate of drug-likeness (QED) is 0.108. The van der Waals surface area contributed by atoms with Crippen molar-refractivity contribution in [1.82, 2.24) is 0 Å². The number of ether oxygens (including phenoxy) is 5. The maximum absolute atomic E-state index is 12.7. The van der Waals surface area contributed by atoms with Crippen molar-refractivity contribution in [3.8, 4) is 11.5 Å². The molecule has 2 atom stereocenters. The van der Waals surface area contributed by atoms with E-state index in [0.29, 0.717) is 66.4 Å². The molecule has 9 heteroatoms. The molecule has 4 rings (SSSR count). The summed E-state index contributed by atoms with van der Waals surface area (Å²) in [5, 5.41) is 0. The first-order chi connectivity index (χ1) is 19.4. The first-order valence-corrected chi connectivity index (χ1v) is 13.1. The molecule has 0 aliphatic heterocycles. The van der Waals surface area contributed by atoms with Crippen molar-refractivity contribution < 1.29 is 42.9 Å². The van der Waals surface area contributed by atoms with E-state index in [4.69, 9.17) is 23.7 Å². The minimum Gasteiger partial charge on any atom is -0.493 e. The van der Waals surface area contributed by atoms with E-state index in [1.807, 2.05) is 6.92 Å². The predicted octanol–water partition coefficient (Wildman–Crippen LogP) is 5.32. The molecule has 0 amide bonds. The Morgan fingerprint density at radius 1 is 0.800 bits per heavy atom. The number of allylic oxidation sites excluding steroid dienone is 4. The predicted molar refractivity (Wildman–Crippen MR) is 143 cm³/mol. The zero-order valence-electron chi connectivity index (χ0n) is 22.1. The van der Waals surface area contributed by atoms with Gasteiger partial charge in [0, 0.05) is 30.8 Å². The van der Waals surface area contributed by atoms with Crippen molar-refractivity contribution in [1.29, 1.82) is 0 Å². The van der Waals surface area contributed by atoms with Crippen LogP contribution in [0, 0.1) is 11.8 Å². The van der Waals surface area contributed by atoms with Crippen molar-refractivity contribution in [2.75, 3.05) is 13.2 Å². The van der Waals surface area contributed by atoms with Crippen molar-refractivity contribution >= 4 is 23.9 Å². The van der Waals surface area contributed by atoms with Gasteiger partial charge in [-0.15, -0.1) is 0 Å². The van der Waals surface area contributed by atoms with Crippen molar-refractivity contribution in [3.63, 3.8) is 0 Å². The van der Waals surface area contributed by atoms with Crippen LogP contribution in [0.4, 0.5) is 0 Å². The van der Waals surface area contributed by atoms with Gasteiger partial charge in [0.05, 0.1) is 24.3 Å². The molecule has 0 spiro atoms. The molecule has 0 saturated heterocycles. The Kier molecular flexibility index (Phi) is 9.51. The lowest BCUT2D eigenvalue weighted by Crippen LogP contribution is -2.12. The van der Waals surface area contributed by atoms with E-state index in [0.717, 1.165) is 6.08 Å². The van der Waals surface area contributed by atoms with Crippen LogP contribution in [0.2, 0.25) is 0 Å². The SMILES string of the molecule is C=CC(=O)OCCCOc1ccc(C(=O)OC2=CC=C(OC(=O)c3ccc(OC(=O)CCC)cc3)C3CC23)cc1. The molecule has 0 heterocycles. The Morgan fingerprint density at radius 3 is 1.88 bits per heavy atom. The van der Waals surface area contributed by atoms with Crippen LogP contribution in [-0.2, 0) is 23.8 Å². The lowest BCUT2D eigenvalue weighted by Gasteiger charge is -2.15. The maximum atomic E-state index is 12.7. The molecule has 0 N–H and O–H groups in total. The van der Waals surface area contributed by atoms with E-state index in [2.05, 4.69) is 6.58 Å². The number of carbonyl (C=O) groups excluding carboxylic acids is 4. The molecule has 208 valence electrons. The summed E-state index contributed by atoms with van der Waals surface area (Å²) in [5.74, 6) is 0.124. The van der Waals surface area contributed by atoms with E-state index in [1.165, 1.54) is 0 Å². The minimum absolute atomic E-state index is 0.0325. The highest BCUT2D eigenvalue weighted by Gasteiger charge is 2.48. The molecule has 1 saturated carbocycles. The van der Waals surface area contributed by atoms with E-state index in [1.54, 1.807) is 60.7 Å². The smallest absolute Gasteiger partial charge is 0.343 e. The molecule has 0 bridgehead atoms. The second-order valence-electron chi connectivity index (χ2n) is 9.21. The molecule has 2 aliphatic carbocycles. The zero-order chi connectivity index (χ0) is 28.5. The molecule has 2 aromatic carbocycles. The van der Waals surface area contributed by atoms with Gasteiger partial charge in [-0.05, 0) is 73.5 Å².